The van der Waals surface area contributed by atoms with Gasteiger partial charge in [-0.05, 0) is 0 Å². The molecule has 120 valence electrons. The molecule has 2 N–H and O–H groups in total. The predicted molar refractivity (Wildman–Crippen MR) is 65.8 cm³/mol. The summed E-state index contributed by atoms with van der Waals surface area (Å²) in [6.07, 6.45) is -6.58. The third-order valence-electron chi connectivity index (χ3n) is 2.24. The van der Waals surface area contributed by atoms with E-state index in [1.807, 2.05) is 0 Å². The molecule has 0 heterocycles. The number of esters is 3. The molecule has 0 rings (SSSR count). The van der Waals surface area contributed by atoms with Crippen LogP contribution in [0.15, 0.2) is 0 Å². The van der Waals surface area contributed by atoms with Gasteiger partial charge in [0.05, 0.1) is 0 Å². The molecule has 0 aliphatic carbocycles. The summed E-state index contributed by atoms with van der Waals surface area (Å²) >= 11 is 0. The molecule has 9 nitrogen and oxygen atoms in total. The van der Waals surface area contributed by atoms with Crippen molar-refractivity contribution in [3.8, 4) is 0 Å². The number of hydrogen-bond acceptors (Lipinski definition) is 9. The van der Waals surface area contributed by atoms with Crippen LogP contribution in [0.4, 0.5) is 0 Å². The van der Waals surface area contributed by atoms with E-state index in [-0.39, 0.29) is 6.29 Å². The van der Waals surface area contributed by atoms with Gasteiger partial charge in [-0.2, -0.15) is 0 Å². The number of ether oxygens (including phenoxy) is 3. The molecule has 0 aromatic carbocycles. The lowest BCUT2D eigenvalue weighted by molar-refractivity contribution is -0.189. The van der Waals surface area contributed by atoms with Gasteiger partial charge in [0, 0.05) is 20.8 Å². The zero-order valence-electron chi connectivity index (χ0n) is 11.8. The summed E-state index contributed by atoms with van der Waals surface area (Å²) in [5.74, 6) is -2.41. The fourth-order valence-electron chi connectivity index (χ4n) is 1.45. The van der Waals surface area contributed by atoms with Gasteiger partial charge >= 0.3 is 17.9 Å². The highest BCUT2D eigenvalue weighted by Gasteiger charge is 2.39. The van der Waals surface area contributed by atoms with E-state index in [0.29, 0.717) is 0 Å². The number of aliphatic hydroxyl groups is 2. The maximum atomic E-state index is 11.0. The van der Waals surface area contributed by atoms with Crippen LogP contribution in [0.3, 0.4) is 0 Å². The van der Waals surface area contributed by atoms with Crippen LogP contribution in [0.5, 0.6) is 0 Å². The molecule has 0 bridgehead atoms. The van der Waals surface area contributed by atoms with Crippen molar-refractivity contribution >= 4 is 24.2 Å². The Bertz CT molecular complexity index is 392. The minimum Gasteiger partial charge on any atom is -0.463 e. The number of hydrogen-bond donors (Lipinski definition) is 2. The number of carbonyl (C=O) groups excluding carboxylic acids is 4. The Labute approximate surface area is 120 Å². The lowest BCUT2D eigenvalue weighted by atomic mass is 10.0. The minimum absolute atomic E-state index is 0.0582. The lowest BCUT2D eigenvalue weighted by Gasteiger charge is -2.30. The first-order chi connectivity index (χ1) is 9.68. The van der Waals surface area contributed by atoms with Crippen LogP contribution in [-0.4, -0.2) is 65.4 Å². The normalized spacial score (nSPS) is 16.0. The highest BCUT2D eigenvalue weighted by Crippen LogP contribution is 2.14. The Morgan fingerprint density at radius 3 is 1.81 bits per heavy atom. The number of aldehydes is 1. The second kappa shape index (κ2) is 9.03. The van der Waals surface area contributed by atoms with Crippen LogP contribution in [0, 0.1) is 0 Å². The molecule has 0 unspecified atom stereocenters. The van der Waals surface area contributed by atoms with Crippen molar-refractivity contribution in [3.63, 3.8) is 0 Å². The molecule has 0 radical (unpaired) electrons. The topological polar surface area (TPSA) is 136 Å². The smallest absolute Gasteiger partial charge is 0.303 e. The third-order valence-corrected chi connectivity index (χ3v) is 2.24. The van der Waals surface area contributed by atoms with E-state index in [2.05, 4.69) is 4.74 Å². The molecule has 0 aliphatic rings. The zero-order chi connectivity index (χ0) is 16.6. The molecule has 0 saturated carbocycles. The van der Waals surface area contributed by atoms with Gasteiger partial charge in [-0.25, -0.2) is 0 Å². The molecular weight excluding hydrogens is 288 g/mol. The van der Waals surface area contributed by atoms with E-state index in [9.17, 15) is 29.4 Å². The third kappa shape index (κ3) is 7.37. The maximum absolute atomic E-state index is 11.0. The van der Waals surface area contributed by atoms with Crippen LogP contribution in [0.1, 0.15) is 20.8 Å². The summed E-state index contributed by atoms with van der Waals surface area (Å²) in [5.41, 5.74) is 0. The second-order valence-corrected chi connectivity index (χ2v) is 4.14. The molecule has 4 atom stereocenters. The lowest BCUT2D eigenvalue weighted by Crippen LogP contribution is -2.51. The van der Waals surface area contributed by atoms with Crippen molar-refractivity contribution in [2.75, 3.05) is 6.61 Å². The van der Waals surface area contributed by atoms with E-state index < -0.39 is 48.9 Å². The summed E-state index contributed by atoms with van der Waals surface area (Å²) in [7, 11) is 0. The monoisotopic (exact) mass is 306 g/mol. The van der Waals surface area contributed by atoms with Gasteiger partial charge < -0.3 is 29.2 Å². The molecule has 0 aromatic heterocycles. The van der Waals surface area contributed by atoms with Crippen LogP contribution in [-0.2, 0) is 33.4 Å². The SMILES string of the molecule is CC(=O)OC[C@@H](O)[C@@H](OC(C)=O)[C@H](OC(C)=O)[C@H](O)C=O. The largest absolute Gasteiger partial charge is 0.463 e. The van der Waals surface area contributed by atoms with Gasteiger partial charge in [-0.1, -0.05) is 0 Å². The summed E-state index contributed by atoms with van der Waals surface area (Å²) in [6, 6.07) is 0. The average molecular weight is 306 g/mol. The van der Waals surface area contributed by atoms with Crippen LogP contribution < -0.4 is 0 Å². The van der Waals surface area contributed by atoms with Crippen molar-refractivity contribution in [3.05, 3.63) is 0 Å². The average Bonchev–Trinajstić information content (AvgIpc) is 2.38. The Hall–Kier alpha value is -2.00. The molecule has 0 fully saturated rings. The van der Waals surface area contributed by atoms with Gasteiger partial charge in [-0.3, -0.25) is 14.4 Å². The number of aliphatic hydroxyl groups excluding tert-OH is 2. The highest BCUT2D eigenvalue weighted by atomic mass is 16.6. The van der Waals surface area contributed by atoms with Gasteiger partial charge in [0.25, 0.3) is 0 Å². The number of carbonyl (C=O) groups is 4. The summed E-state index contributed by atoms with van der Waals surface area (Å²) in [5, 5.41) is 19.4. The first-order valence-corrected chi connectivity index (χ1v) is 5.98. The van der Waals surface area contributed by atoms with E-state index >= 15 is 0 Å². The van der Waals surface area contributed by atoms with E-state index in [4.69, 9.17) is 9.47 Å². The van der Waals surface area contributed by atoms with Gasteiger partial charge in [0.2, 0.25) is 0 Å². The fraction of sp³-hybridized carbons (Fsp3) is 0.667. The summed E-state index contributed by atoms with van der Waals surface area (Å²) in [6.45, 7) is 2.55. The standard InChI is InChI=1S/C12H18O9/c1-6(14)19-5-10(18)12(21-8(3)16)11(9(17)4-13)20-7(2)15/h4,9-12,17-18H,5H2,1-3H3/t9-,10-,11-,12-/m1/s1. The molecule has 0 aromatic rings. The van der Waals surface area contributed by atoms with Gasteiger partial charge in [-0.15, -0.1) is 0 Å². The molecule has 9 heteroatoms. The molecule has 0 saturated heterocycles. The highest BCUT2D eigenvalue weighted by molar-refractivity contribution is 5.68. The maximum Gasteiger partial charge on any atom is 0.303 e. The molecule has 21 heavy (non-hydrogen) atoms. The molecular formula is C12H18O9. The van der Waals surface area contributed by atoms with Crippen molar-refractivity contribution in [2.24, 2.45) is 0 Å². The first-order valence-electron chi connectivity index (χ1n) is 5.98. The zero-order valence-corrected chi connectivity index (χ0v) is 11.8. The summed E-state index contributed by atoms with van der Waals surface area (Å²) in [4.78, 5) is 43.4. The Kier molecular flexibility index (Phi) is 8.17. The van der Waals surface area contributed by atoms with Crippen molar-refractivity contribution in [2.45, 2.75) is 45.2 Å². The van der Waals surface area contributed by atoms with Crippen molar-refractivity contribution < 1.29 is 43.6 Å². The van der Waals surface area contributed by atoms with E-state index in [1.54, 1.807) is 0 Å². The Balaban J connectivity index is 5.18. The van der Waals surface area contributed by atoms with Crippen LogP contribution >= 0.6 is 0 Å². The Morgan fingerprint density at radius 1 is 0.952 bits per heavy atom. The fourth-order valence-corrected chi connectivity index (χ4v) is 1.45. The predicted octanol–water partition coefficient (Wildman–Crippen LogP) is -1.67. The molecule has 0 spiro atoms. The van der Waals surface area contributed by atoms with Crippen molar-refractivity contribution in [1.82, 2.24) is 0 Å². The molecule has 0 aliphatic heterocycles. The van der Waals surface area contributed by atoms with E-state index in [1.165, 1.54) is 0 Å². The number of rotatable bonds is 8. The molecule has 0 amide bonds. The quantitative estimate of drug-likeness (QED) is 0.306. The summed E-state index contributed by atoms with van der Waals surface area (Å²) < 4.78 is 14.0. The Morgan fingerprint density at radius 2 is 1.43 bits per heavy atom. The first kappa shape index (κ1) is 19.0. The van der Waals surface area contributed by atoms with Crippen LogP contribution in [0.2, 0.25) is 0 Å². The minimum atomic E-state index is -1.83. The van der Waals surface area contributed by atoms with Gasteiger partial charge in [0.15, 0.2) is 18.5 Å². The van der Waals surface area contributed by atoms with Crippen molar-refractivity contribution in [1.29, 1.82) is 0 Å². The van der Waals surface area contributed by atoms with Gasteiger partial charge in [0.1, 0.15) is 18.8 Å². The van der Waals surface area contributed by atoms with E-state index in [0.717, 1.165) is 20.8 Å². The van der Waals surface area contributed by atoms with Crippen LogP contribution in [0.25, 0.3) is 0 Å². The second-order valence-electron chi connectivity index (χ2n) is 4.14.